The van der Waals surface area contributed by atoms with Crippen molar-refractivity contribution >= 4 is 41.5 Å². The van der Waals surface area contributed by atoms with E-state index in [9.17, 15) is 9.59 Å². The molecular formula is C21H20ClN5O4S. The minimum atomic E-state index is -0.531. The van der Waals surface area contributed by atoms with E-state index in [-0.39, 0.29) is 17.4 Å². The molecular weight excluding hydrogens is 454 g/mol. The van der Waals surface area contributed by atoms with Crippen molar-refractivity contribution in [1.82, 2.24) is 20.2 Å². The Morgan fingerprint density at radius 3 is 2.69 bits per heavy atom. The van der Waals surface area contributed by atoms with Crippen LogP contribution in [0.5, 0.6) is 11.5 Å². The summed E-state index contributed by atoms with van der Waals surface area (Å²) >= 11 is 7.10. The van der Waals surface area contributed by atoms with Crippen molar-refractivity contribution in [3.8, 4) is 11.5 Å². The number of esters is 1. The van der Waals surface area contributed by atoms with Gasteiger partial charge < -0.3 is 14.0 Å². The second-order valence-corrected chi connectivity index (χ2v) is 7.72. The number of nitrogens with zero attached hydrogens (tertiary/aromatic N) is 4. The number of thioether (sulfide) groups is 1. The van der Waals surface area contributed by atoms with Crippen molar-refractivity contribution in [2.24, 2.45) is 12.1 Å². The fraction of sp³-hybridized carbons (Fsp3) is 0.190. The summed E-state index contributed by atoms with van der Waals surface area (Å²) in [7, 11) is 1.80. The van der Waals surface area contributed by atoms with Crippen LogP contribution in [0.25, 0.3) is 0 Å². The highest BCUT2D eigenvalue weighted by Gasteiger charge is 2.13. The first-order chi connectivity index (χ1) is 15.5. The van der Waals surface area contributed by atoms with Crippen LogP contribution >= 0.6 is 23.4 Å². The first-order valence-corrected chi connectivity index (χ1v) is 10.9. The Morgan fingerprint density at radius 1 is 1.22 bits per heavy atom. The maximum absolute atomic E-state index is 12.4. The zero-order valence-corrected chi connectivity index (χ0v) is 18.9. The molecule has 9 nitrogen and oxygen atoms in total. The third kappa shape index (κ3) is 6.56. The number of carbonyl (C=O) groups excluding carboxylic acids is 2. The number of aryl methyl sites for hydroxylation is 1. The summed E-state index contributed by atoms with van der Waals surface area (Å²) in [6.45, 7) is 2.20. The number of amides is 1. The van der Waals surface area contributed by atoms with Crippen LogP contribution in [0, 0.1) is 0 Å². The maximum atomic E-state index is 12.4. The molecule has 32 heavy (non-hydrogen) atoms. The normalized spacial score (nSPS) is 10.8. The number of hydrogen-bond acceptors (Lipinski definition) is 8. The highest BCUT2D eigenvalue weighted by molar-refractivity contribution is 7.99. The summed E-state index contributed by atoms with van der Waals surface area (Å²) in [6, 6.07) is 11.3. The van der Waals surface area contributed by atoms with Crippen LogP contribution in [0.15, 0.2) is 59.0 Å². The largest absolute Gasteiger partial charge is 0.490 e. The number of hydrogen-bond donors (Lipinski definition) is 1. The van der Waals surface area contributed by atoms with E-state index in [1.165, 1.54) is 18.0 Å². The Balaban J connectivity index is 1.60. The van der Waals surface area contributed by atoms with E-state index in [4.69, 9.17) is 21.1 Å². The summed E-state index contributed by atoms with van der Waals surface area (Å²) in [5.74, 6) is -0.0197. The Kier molecular flexibility index (Phi) is 8.23. The van der Waals surface area contributed by atoms with Gasteiger partial charge in [0.2, 0.25) is 0 Å². The van der Waals surface area contributed by atoms with Gasteiger partial charge in [-0.1, -0.05) is 23.4 Å². The lowest BCUT2D eigenvalue weighted by Crippen LogP contribution is -2.19. The zero-order chi connectivity index (χ0) is 22.9. The first kappa shape index (κ1) is 23.3. The number of aromatic nitrogens is 3. The van der Waals surface area contributed by atoms with Crippen LogP contribution in [0.1, 0.15) is 22.8 Å². The van der Waals surface area contributed by atoms with Crippen LogP contribution < -0.4 is 14.9 Å². The minimum Gasteiger partial charge on any atom is -0.490 e. The molecule has 3 aromatic rings. The van der Waals surface area contributed by atoms with E-state index in [1.54, 1.807) is 60.4 Å². The molecule has 166 valence electrons. The molecule has 0 spiro atoms. The van der Waals surface area contributed by atoms with E-state index >= 15 is 0 Å². The van der Waals surface area contributed by atoms with Crippen molar-refractivity contribution < 1.29 is 19.1 Å². The molecule has 11 heteroatoms. The smallest absolute Gasteiger partial charge is 0.343 e. The molecule has 0 atom stereocenters. The molecule has 0 aliphatic rings. The van der Waals surface area contributed by atoms with Gasteiger partial charge in [-0.05, 0) is 55.0 Å². The molecule has 0 aliphatic heterocycles. The molecule has 0 bridgehead atoms. The lowest BCUT2D eigenvalue weighted by Gasteiger charge is -2.11. The van der Waals surface area contributed by atoms with Crippen LogP contribution in [-0.4, -0.2) is 45.2 Å². The van der Waals surface area contributed by atoms with Gasteiger partial charge in [0.15, 0.2) is 16.7 Å². The number of ether oxygens (including phenoxy) is 2. The molecule has 0 fully saturated rings. The van der Waals surface area contributed by atoms with Crippen molar-refractivity contribution in [2.75, 3.05) is 12.4 Å². The Labute approximate surface area is 193 Å². The van der Waals surface area contributed by atoms with Crippen LogP contribution in [-0.2, 0) is 11.8 Å². The average Bonchev–Trinajstić information content (AvgIpc) is 3.19. The number of rotatable bonds is 9. The Hall–Kier alpha value is -3.37. The highest BCUT2D eigenvalue weighted by Crippen LogP contribution is 2.29. The van der Waals surface area contributed by atoms with Gasteiger partial charge in [0.1, 0.15) is 6.33 Å². The van der Waals surface area contributed by atoms with Crippen LogP contribution in [0.2, 0.25) is 5.02 Å². The molecule has 1 amide bonds. The standard InChI is InChI=1S/C21H20ClN5O4S/c1-3-30-18-10-14(11-23-25-19(28)12-32-21-26-24-13-27(21)2)4-9-17(18)31-20(29)15-5-7-16(22)8-6-15/h4-11,13H,3,12H2,1-2H3,(H,25,28). The molecule has 0 saturated heterocycles. The van der Waals surface area contributed by atoms with Gasteiger partial charge in [-0.15, -0.1) is 10.2 Å². The molecule has 1 heterocycles. The van der Waals surface area contributed by atoms with Gasteiger partial charge >= 0.3 is 5.97 Å². The zero-order valence-electron chi connectivity index (χ0n) is 17.3. The SMILES string of the molecule is CCOc1cc(C=NNC(=O)CSc2nncn2C)ccc1OC(=O)c1ccc(Cl)cc1. The van der Waals surface area contributed by atoms with Gasteiger partial charge in [0.05, 0.1) is 24.1 Å². The maximum Gasteiger partial charge on any atom is 0.343 e. The fourth-order valence-electron chi connectivity index (χ4n) is 2.45. The molecule has 0 aliphatic carbocycles. The predicted molar refractivity (Wildman–Crippen MR) is 121 cm³/mol. The number of benzene rings is 2. The Morgan fingerprint density at radius 2 is 2.00 bits per heavy atom. The van der Waals surface area contributed by atoms with Gasteiger partial charge in [-0.3, -0.25) is 4.79 Å². The third-order valence-corrected chi connectivity index (χ3v) is 5.24. The van der Waals surface area contributed by atoms with Gasteiger partial charge in [-0.25, -0.2) is 10.2 Å². The molecule has 0 unspecified atom stereocenters. The summed E-state index contributed by atoms with van der Waals surface area (Å²) < 4.78 is 12.8. The number of halogens is 1. The lowest BCUT2D eigenvalue weighted by molar-refractivity contribution is -0.118. The molecule has 2 aromatic carbocycles. The second kappa shape index (κ2) is 11.3. The van der Waals surface area contributed by atoms with Crippen molar-refractivity contribution in [2.45, 2.75) is 12.1 Å². The molecule has 0 saturated carbocycles. The second-order valence-electron chi connectivity index (χ2n) is 6.34. The summed E-state index contributed by atoms with van der Waals surface area (Å²) in [5, 5.41) is 12.8. The van der Waals surface area contributed by atoms with E-state index in [1.807, 2.05) is 6.92 Å². The number of hydrazone groups is 1. The van der Waals surface area contributed by atoms with E-state index in [0.29, 0.717) is 33.7 Å². The van der Waals surface area contributed by atoms with Crippen LogP contribution in [0.3, 0.4) is 0 Å². The van der Waals surface area contributed by atoms with Crippen molar-refractivity contribution in [1.29, 1.82) is 0 Å². The quantitative estimate of drug-likeness (QED) is 0.167. The summed E-state index contributed by atoms with van der Waals surface area (Å²) in [4.78, 5) is 24.3. The van der Waals surface area contributed by atoms with Gasteiger partial charge in [-0.2, -0.15) is 5.10 Å². The minimum absolute atomic E-state index is 0.146. The van der Waals surface area contributed by atoms with Crippen molar-refractivity contribution in [3.63, 3.8) is 0 Å². The van der Waals surface area contributed by atoms with Gasteiger partial charge in [0.25, 0.3) is 5.91 Å². The fourth-order valence-corrected chi connectivity index (χ4v) is 3.25. The van der Waals surface area contributed by atoms with E-state index in [2.05, 4.69) is 20.7 Å². The highest BCUT2D eigenvalue weighted by atomic mass is 35.5. The molecule has 3 rings (SSSR count). The monoisotopic (exact) mass is 473 g/mol. The predicted octanol–water partition coefficient (Wildman–Crippen LogP) is 3.33. The summed E-state index contributed by atoms with van der Waals surface area (Å²) in [5.41, 5.74) is 3.47. The molecule has 1 N–H and O–H groups in total. The lowest BCUT2D eigenvalue weighted by atomic mass is 10.2. The molecule has 1 aromatic heterocycles. The van der Waals surface area contributed by atoms with E-state index < -0.39 is 5.97 Å². The summed E-state index contributed by atoms with van der Waals surface area (Å²) in [6.07, 6.45) is 3.03. The average molecular weight is 474 g/mol. The third-order valence-electron chi connectivity index (χ3n) is 3.96. The number of carbonyl (C=O) groups is 2. The van der Waals surface area contributed by atoms with E-state index in [0.717, 1.165) is 0 Å². The number of nitrogens with one attached hydrogen (secondary N) is 1. The van der Waals surface area contributed by atoms with Gasteiger partial charge in [0, 0.05) is 12.1 Å². The van der Waals surface area contributed by atoms with Crippen LogP contribution in [0.4, 0.5) is 0 Å². The molecule has 0 radical (unpaired) electrons. The first-order valence-electron chi connectivity index (χ1n) is 9.49. The topological polar surface area (TPSA) is 108 Å². The Bertz CT molecular complexity index is 1120. The van der Waals surface area contributed by atoms with Crippen molar-refractivity contribution in [3.05, 3.63) is 64.9 Å².